The van der Waals surface area contributed by atoms with Crippen LogP contribution < -0.4 is 5.73 Å². The molecule has 1 atom stereocenters. The van der Waals surface area contributed by atoms with Gasteiger partial charge in [0.2, 0.25) is 0 Å². The van der Waals surface area contributed by atoms with Crippen LogP contribution in [0.15, 0.2) is 36.5 Å². The molecule has 2 rings (SSSR count). The molecule has 0 saturated heterocycles. The van der Waals surface area contributed by atoms with Gasteiger partial charge < -0.3 is 5.73 Å². The summed E-state index contributed by atoms with van der Waals surface area (Å²) in [4.78, 5) is 0. The fourth-order valence-corrected chi connectivity index (χ4v) is 1.82. The molecule has 3 nitrogen and oxygen atoms in total. The molecule has 0 aliphatic carbocycles. The van der Waals surface area contributed by atoms with Crippen molar-refractivity contribution in [2.45, 2.75) is 26.4 Å². The quantitative estimate of drug-likeness (QED) is 0.853. The highest BCUT2D eigenvalue weighted by Gasteiger charge is 2.09. The number of benzene rings is 1. The van der Waals surface area contributed by atoms with Crippen LogP contribution in [0.2, 0.25) is 0 Å². The lowest BCUT2D eigenvalue weighted by molar-refractivity contribution is 0.660. The molecule has 0 fully saturated rings. The smallest absolute Gasteiger partial charge is 0.0662 e. The van der Waals surface area contributed by atoms with Gasteiger partial charge in [-0.25, -0.2) is 0 Å². The summed E-state index contributed by atoms with van der Waals surface area (Å²) in [6, 6.07) is 10.4. The van der Waals surface area contributed by atoms with Gasteiger partial charge in [0.15, 0.2) is 0 Å². The van der Waals surface area contributed by atoms with Crippen LogP contribution in [0.4, 0.5) is 0 Å². The third kappa shape index (κ3) is 2.14. The second-order valence-corrected chi connectivity index (χ2v) is 4.12. The fourth-order valence-electron chi connectivity index (χ4n) is 1.82. The maximum atomic E-state index is 5.87. The third-order valence-electron chi connectivity index (χ3n) is 2.81. The Balaban J connectivity index is 2.23. The van der Waals surface area contributed by atoms with Crippen LogP contribution in [0.1, 0.15) is 29.8 Å². The molecule has 1 heterocycles. The van der Waals surface area contributed by atoms with Gasteiger partial charge in [0.25, 0.3) is 0 Å². The van der Waals surface area contributed by atoms with Crippen LogP contribution in [0.3, 0.4) is 0 Å². The van der Waals surface area contributed by atoms with E-state index in [2.05, 4.69) is 24.2 Å². The number of nitrogens with two attached hydrogens (primary N) is 1. The monoisotopic (exact) mass is 215 g/mol. The Kier molecular flexibility index (Phi) is 3.06. The van der Waals surface area contributed by atoms with Crippen LogP contribution in [0.5, 0.6) is 0 Å². The minimum atomic E-state index is 0.0459. The molecule has 2 aromatic rings. The molecule has 3 heteroatoms. The maximum Gasteiger partial charge on any atom is 0.0662 e. The van der Waals surface area contributed by atoms with Crippen molar-refractivity contribution in [2.75, 3.05) is 0 Å². The van der Waals surface area contributed by atoms with E-state index in [1.807, 2.05) is 36.0 Å². The molecule has 0 amide bonds. The second-order valence-electron chi connectivity index (χ2n) is 4.12. The second kappa shape index (κ2) is 4.49. The van der Waals surface area contributed by atoms with E-state index < -0.39 is 0 Å². The predicted molar refractivity (Wildman–Crippen MR) is 65.1 cm³/mol. The number of hydrogen-bond acceptors (Lipinski definition) is 2. The van der Waals surface area contributed by atoms with Gasteiger partial charge in [-0.2, -0.15) is 5.10 Å². The number of rotatable bonds is 3. The molecular formula is C13H17N3. The molecule has 2 N–H and O–H groups in total. The first-order valence-corrected chi connectivity index (χ1v) is 5.50. The van der Waals surface area contributed by atoms with E-state index in [9.17, 15) is 0 Å². The molecule has 16 heavy (non-hydrogen) atoms. The lowest BCUT2D eigenvalue weighted by Crippen LogP contribution is -2.08. The number of aromatic nitrogens is 2. The van der Waals surface area contributed by atoms with E-state index >= 15 is 0 Å². The van der Waals surface area contributed by atoms with Gasteiger partial charge >= 0.3 is 0 Å². The van der Waals surface area contributed by atoms with E-state index in [1.54, 1.807) is 0 Å². The molecule has 0 aliphatic heterocycles. The fraction of sp³-hybridized carbons (Fsp3) is 0.308. The van der Waals surface area contributed by atoms with Gasteiger partial charge in [-0.15, -0.1) is 0 Å². The van der Waals surface area contributed by atoms with E-state index in [0.717, 1.165) is 17.8 Å². The van der Waals surface area contributed by atoms with Crippen molar-refractivity contribution < 1.29 is 0 Å². The Bertz CT molecular complexity index is 457. The third-order valence-corrected chi connectivity index (χ3v) is 2.81. The highest BCUT2D eigenvalue weighted by atomic mass is 15.3. The number of hydrogen-bond donors (Lipinski definition) is 1. The Morgan fingerprint density at radius 1 is 1.31 bits per heavy atom. The van der Waals surface area contributed by atoms with E-state index in [-0.39, 0.29) is 6.04 Å². The van der Waals surface area contributed by atoms with Crippen LogP contribution in [0.25, 0.3) is 0 Å². The van der Waals surface area contributed by atoms with E-state index in [0.29, 0.717) is 0 Å². The Morgan fingerprint density at radius 3 is 2.56 bits per heavy atom. The molecule has 0 bridgehead atoms. The van der Waals surface area contributed by atoms with Gasteiger partial charge in [0, 0.05) is 17.3 Å². The largest absolute Gasteiger partial charge is 0.324 e. The first-order chi connectivity index (χ1) is 7.68. The molecule has 1 aromatic carbocycles. The van der Waals surface area contributed by atoms with Gasteiger partial charge in [0.1, 0.15) is 0 Å². The van der Waals surface area contributed by atoms with Crippen molar-refractivity contribution >= 4 is 0 Å². The summed E-state index contributed by atoms with van der Waals surface area (Å²) in [5, 5.41) is 4.37. The topological polar surface area (TPSA) is 43.8 Å². The molecule has 0 aliphatic rings. The summed E-state index contributed by atoms with van der Waals surface area (Å²) in [5.74, 6) is 0. The van der Waals surface area contributed by atoms with Crippen molar-refractivity contribution in [1.29, 1.82) is 0 Å². The zero-order chi connectivity index (χ0) is 11.5. The summed E-state index contributed by atoms with van der Waals surface area (Å²) in [6.45, 7) is 4.85. The predicted octanol–water partition coefficient (Wildman–Crippen LogP) is 2.26. The average Bonchev–Trinajstić information content (AvgIpc) is 2.62. The van der Waals surface area contributed by atoms with Gasteiger partial charge in [-0.1, -0.05) is 30.3 Å². The summed E-state index contributed by atoms with van der Waals surface area (Å²) in [6.07, 6.45) is 1.86. The lowest BCUT2D eigenvalue weighted by atomic mass is 10.1. The van der Waals surface area contributed by atoms with Crippen LogP contribution in [0, 0.1) is 6.92 Å². The highest BCUT2D eigenvalue weighted by Crippen LogP contribution is 2.15. The first-order valence-electron chi connectivity index (χ1n) is 5.50. The summed E-state index contributed by atoms with van der Waals surface area (Å²) in [7, 11) is 0. The molecule has 1 aromatic heterocycles. The standard InChI is InChI=1S/C13H17N3/c1-10(14)13-8-15-16(11(13)2)9-12-6-4-3-5-7-12/h3-8,10H,9,14H2,1-2H3. The molecular weight excluding hydrogens is 198 g/mol. The summed E-state index contributed by atoms with van der Waals surface area (Å²) < 4.78 is 1.99. The summed E-state index contributed by atoms with van der Waals surface area (Å²) >= 11 is 0. The zero-order valence-electron chi connectivity index (χ0n) is 9.72. The highest BCUT2D eigenvalue weighted by molar-refractivity contribution is 5.22. The van der Waals surface area contributed by atoms with E-state index in [1.165, 1.54) is 5.56 Å². The normalized spacial score (nSPS) is 12.7. The van der Waals surface area contributed by atoms with Gasteiger partial charge in [0.05, 0.1) is 12.7 Å². The van der Waals surface area contributed by atoms with Crippen molar-refractivity contribution in [3.8, 4) is 0 Å². The zero-order valence-corrected chi connectivity index (χ0v) is 9.72. The first kappa shape index (κ1) is 10.9. The van der Waals surface area contributed by atoms with Crippen molar-refractivity contribution in [3.63, 3.8) is 0 Å². The Hall–Kier alpha value is -1.61. The molecule has 0 spiro atoms. The maximum absolute atomic E-state index is 5.87. The van der Waals surface area contributed by atoms with Gasteiger partial charge in [-0.3, -0.25) is 4.68 Å². The van der Waals surface area contributed by atoms with Crippen LogP contribution >= 0.6 is 0 Å². The van der Waals surface area contributed by atoms with Crippen LogP contribution in [-0.2, 0) is 6.54 Å². The molecule has 0 saturated carbocycles. The van der Waals surface area contributed by atoms with Crippen LogP contribution in [-0.4, -0.2) is 9.78 Å². The minimum absolute atomic E-state index is 0.0459. The van der Waals surface area contributed by atoms with E-state index in [4.69, 9.17) is 5.73 Å². The van der Waals surface area contributed by atoms with Crippen molar-refractivity contribution in [3.05, 3.63) is 53.3 Å². The SMILES string of the molecule is Cc1c(C(C)N)cnn1Cc1ccccc1. The molecule has 84 valence electrons. The van der Waals surface area contributed by atoms with Crippen molar-refractivity contribution in [1.82, 2.24) is 9.78 Å². The minimum Gasteiger partial charge on any atom is -0.324 e. The average molecular weight is 215 g/mol. The van der Waals surface area contributed by atoms with Crippen molar-refractivity contribution in [2.24, 2.45) is 5.73 Å². The van der Waals surface area contributed by atoms with Gasteiger partial charge in [-0.05, 0) is 19.4 Å². The molecule has 0 radical (unpaired) electrons. The Morgan fingerprint density at radius 2 is 2.00 bits per heavy atom. The molecule has 1 unspecified atom stereocenters. The Labute approximate surface area is 95.9 Å². The lowest BCUT2D eigenvalue weighted by Gasteiger charge is -2.07. The number of nitrogens with zero attached hydrogens (tertiary/aromatic N) is 2. The summed E-state index contributed by atoms with van der Waals surface area (Å²) in [5.41, 5.74) is 9.40.